The first kappa shape index (κ1) is 24.4. The summed E-state index contributed by atoms with van der Waals surface area (Å²) in [5.74, 6) is -1.26. The predicted molar refractivity (Wildman–Crippen MR) is 133 cm³/mol. The highest BCUT2D eigenvalue weighted by Gasteiger charge is 2.31. The molecule has 0 aliphatic carbocycles. The van der Waals surface area contributed by atoms with Gasteiger partial charge in [0.25, 0.3) is 5.91 Å². The fraction of sp³-hybridized carbons (Fsp3) is 0.0741. The second-order valence-corrected chi connectivity index (χ2v) is 9.12. The number of rotatable bonds is 6. The van der Waals surface area contributed by atoms with Gasteiger partial charge >= 0.3 is 6.36 Å². The topological polar surface area (TPSA) is 55.3 Å². The number of hydrogen-bond donors (Lipinski definition) is 0. The Morgan fingerprint density at radius 2 is 1.68 bits per heavy atom. The predicted octanol–water partition coefficient (Wildman–Crippen LogP) is 7.24. The summed E-state index contributed by atoms with van der Waals surface area (Å²) in [6, 6.07) is 22.0. The van der Waals surface area contributed by atoms with Gasteiger partial charge in [-0.05, 0) is 72.3 Å². The molecule has 0 atom stereocenters. The summed E-state index contributed by atoms with van der Waals surface area (Å²) in [4.78, 5) is 25.3. The fourth-order valence-corrected chi connectivity index (χ4v) is 4.72. The normalized spacial score (nSPS) is 11.5. The number of anilines is 1. The highest BCUT2D eigenvalue weighted by atomic mass is 32.1. The van der Waals surface area contributed by atoms with Crippen LogP contribution in [0.15, 0.2) is 91.1 Å². The molecule has 0 bridgehead atoms. The van der Waals surface area contributed by atoms with Crippen LogP contribution in [0.1, 0.15) is 15.4 Å². The summed E-state index contributed by atoms with van der Waals surface area (Å²) in [6.07, 6.45) is -3.37. The van der Waals surface area contributed by atoms with E-state index in [1.165, 1.54) is 64.9 Å². The summed E-state index contributed by atoms with van der Waals surface area (Å²) in [5.41, 5.74) is 2.35. The smallest absolute Gasteiger partial charge is 0.406 e. The number of fused-ring (bicyclic) bond motifs is 1. The van der Waals surface area contributed by atoms with E-state index in [0.29, 0.717) is 22.3 Å². The van der Waals surface area contributed by atoms with Crippen molar-refractivity contribution >= 4 is 34.0 Å². The number of aromatic nitrogens is 2. The molecule has 5 aromatic rings. The Bertz CT molecular complexity index is 1570. The van der Waals surface area contributed by atoms with E-state index in [1.54, 1.807) is 24.3 Å². The number of alkyl halides is 3. The van der Waals surface area contributed by atoms with E-state index < -0.39 is 18.1 Å². The van der Waals surface area contributed by atoms with Crippen LogP contribution in [0.5, 0.6) is 5.75 Å². The second kappa shape index (κ2) is 9.98. The summed E-state index contributed by atoms with van der Waals surface area (Å²) in [7, 11) is 0. The molecular formula is C27H17F4N3O2S. The molecule has 1 amide bonds. The quantitative estimate of drug-likeness (QED) is 0.220. The Balaban J connectivity index is 1.43. The number of nitrogens with zero attached hydrogens (tertiary/aromatic N) is 3. The van der Waals surface area contributed by atoms with Gasteiger partial charge in [-0.25, -0.2) is 9.37 Å². The molecule has 186 valence electrons. The number of para-hydroxylation sites is 2. The van der Waals surface area contributed by atoms with Gasteiger partial charge in [0, 0.05) is 15.4 Å². The molecule has 10 heteroatoms. The first-order valence-corrected chi connectivity index (χ1v) is 11.8. The van der Waals surface area contributed by atoms with Gasteiger partial charge in [-0.3, -0.25) is 9.78 Å². The van der Waals surface area contributed by atoms with E-state index in [4.69, 9.17) is 0 Å². The number of carbonyl (C=O) groups excluding carboxylic acids is 1. The van der Waals surface area contributed by atoms with E-state index in [-0.39, 0.29) is 18.0 Å². The molecule has 0 fully saturated rings. The van der Waals surface area contributed by atoms with Crippen LogP contribution in [0.4, 0.5) is 23.2 Å². The number of thiophene rings is 1. The molecule has 0 saturated carbocycles. The molecule has 0 unspecified atom stereocenters. The molecule has 0 radical (unpaired) electrons. The zero-order valence-electron chi connectivity index (χ0n) is 18.9. The molecule has 0 N–H and O–H groups in total. The zero-order valence-corrected chi connectivity index (χ0v) is 19.8. The Labute approximate surface area is 212 Å². The maximum atomic E-state index is 14.1. The molecule has 0 spiro atoms. The minimum Gasteiger partial charge on any atom is -0.406 e. The first-order chi connectivity index (χ1) is 17.7. The Hall–Kier alpha value is -4.31. The Kier molecular flexibility index (Phi) is 6.58. The van der Waals surface area contributed by atoms with Crippen molar-refractivity contribution < 1.29 is 27.1 Å². The number of benzene rings is 3. The van der Waals surface area contributed by atoms with Crippen LogP contribution in [0, 0.1) is 5.82 Å². The summed E-state index contributed by atoms with van der Waals surface area (Å²) < 4.78 is 55.3. The van der Waals surface area contributed by atoms with Crippen LogP contribution in [0.2, 0.25) is 0 Å². The van der Waals surface area contributed by atoms with E-state index in [9.17, 15) is 22.4 Å². The van der Waals surface area contributed by atoms with Gasteiger partial charge in [0.15, 0.2) is 0 Å². The molecule has 0 saturated heterocycles. The van der Waals surface area contributed by atoms with Crippen molar-refractivity contribution in [2.45, 2.75) is 12.9 Å². The van der Waals surface area contributed by atoms with E-state index in [1.807, 2.05) is 18.2 Å². The highest BCUT2D eigenvalue weighted by molar-refractivity contribution is 7.15. The monoisotopic (exact) mass is 523 g/mol. The molecule has 3 aromatic carbocycles. The number of ether oxygens (including phenoxy) is 1. The van der Waals surface area contributed by atoms with Crippen LogP contribution in [-0.2, 0) is 6.54 Å². The van der Waals surface area contributed by atoms with Gasteiger partial charge in [0.05, 0.1) is 23.8 Å². The van der Waals surface area contributed by atoms with Crippen LogP contribution >= 0.6 is 11.3 Å². The minimum absolute atomic E-state index is 0.111. The average molecular weight is 524 g/mol. The first-order valence-electron chi connectivity index (χ1n) is 11.0. The lowest BCUT2D eigenvalue weighted by Crippen LogP contribution is -2.31. The fourth-order valence-electron chi connectivity index (χ4n) is 3.72. The molecule has 0 aliphatic heterocycles. The lowest BCUT2D eigenvalue weighted by molar-refractivity contribution is -0.274. The summed E-state index contributed by atoms with van der Waals surface area (Å²) in [6.45, 7) is 0.122. The highest BCUT2D eigenvalue weighted by Crippen LogP contribution is 2.32. The van der Waals surface area contributed by atoms with E-state index >= 15 is 0 Å². The number of hydrogen-bond acceptors (Lipinski definition) is 5. The number of halogens is 4. The van der Waals surface area contributed by atoms with Crippen molar-refractivity contribution in [2.75, 3.05) is 4.90 Å². The zero-order chi connectivity index (χ0) is 26.0. The number of amides is 1. The molecule has 2 aromatic heterocycles. The Morgan fingerprint density at radius 3 is 2.41 bits per heavy atom. The van der Waals surface area contributed by atoms with Gasteiger partial charge in [-0.2, -0.15) is 0 Å². The van der Waals surface area contributed by atoms with Crippen molar-refractivity contribution in [3.05, 3.63) is 108 Å². The van der Waals surface area contributed by atoms with Crippen LogP contribution in [0.25, 0.3) is 21.5 Å². The third kappa shape index (κ3) is 5.75. The summed E-state index contributed by atoms with van der Waals surface area (Å²) in [5, 5.41) is 0. The minimum atomic E-state index is -4.76. The van der Waals surface area contributed by atoms with E-state index in [0.717, 1.165) is 9.75 Å². The van der Waals surface area contributed by atoms with Crippen molar-refractivity contribution in [3.63, 3.8) is 0 Å². The van der Waals surface area contributed by atoms with Gasteiger partial charge in [0.1, 0.15) is 17.3 Å². The molecule has 0 aliphatic rings. The van der Waals surface area contributed by atoms with Crippen molar-refractivity contribution in [1.29, 1.82) is 0 Å². The van der Waals surface area contributed by atoms with Gasteiger partial charge < -0.3 is 9.64 Å². The van der Waals surface area contributed by atoms with Crippen molar-refractivity contribution in [3.8, 4) is 16.2 Å². The third-order valence-corrected chi connectivity index (χ3v) is 6.50. The maximum Gasteiger partial charge on any atom is 0.573 e. The number of carbonyl (C=O) groups is 1. The lowest BCUT2D eigenvalue weighted by Gasteiger charge is -2.22. The van der Waals surface area contributed by atoms with Crippen LogP contribution in [-0.4, -0.2) is 22.2 Å². The van der Waals surface area contributed by atoms with Gasteiger partial charge in [-0.15, -0.1) is 24.5 Å². The lowest BCUT2D eigenvalue weighted by atomic mass is 10.2. The molecule has 2 heterocycles. The summed E-state index contributed by atoms with van der Waals surface area (Å²) >= 11 is 1.36. The average Bonchev–Trinajstić information content (AvgIpc) is 3.35. The van der Waals surface area contributed by atoms with Crippen LogP contribution in [0.3, 0.4) is 0 Å². The Morgan fingerprint density at radius 1 is 0.919 bits per heavy atom. The SMILES string of the molecule is O=C(c1cnc2ccccc2n1)N(Cc1ccc(-c2ccc(OC(F)(F)F)cc2)s1)c1cccc(F)c1. The van der Waals surface area contributed by atoms with Crippen molar-refractivity contribution in [1.82, 2.24) is 9.97 Å². The van der Waals surface area contributed by atoms with Gasteiger partial charge in [-0.1, -0.05) is 18.2 Å². The van der Waals surface area contributed by atoms with E-state index in [2.05, 4.69) is 14.7 Å². The van der Waals surface area contributed by atoms with Crippen molar-refractivity contribution in [2.24, 2.45) is 0 Å². The maximum absolute atomic E-state index is 14.1. The molecule has 37 heavy (non-hydrogen) atoms. The molecule has 5 nitrogen and oxygen atoms in total. The van der Waals surface area contributed by atoms with Crippen LogP contribution < -0.4 is 9.64 Å². The third-order valence-electron chi connectivity index (χ3n) is 5.38. The largest absolute Gasteiger partial charge is 0.573 e. The standard InChI is InChI=1S/C27H17F4N3O2S/c28-18-4-3-5-19(14-18)34(26(35)24-15-32-22-6-1-2-7-23(22)33-24)16-21-12-13-25(37-21)17-8-10-20(11-9-17)36-27(29,30)31/h1-15H,16H2. The second-order valence-electron chi connectivity index (χ2n) is 7.95. The van der Waals surface area contributed by atoms with Gasteiger partial charge in [0.2, 0.25) is 0 Å². The molecular weight excluding hydrogens is 506 g/mol. The molecule has 5 rings (SSSR count).